The van der Waals surface area contributed by atoms with Crippen LogP contribution in [0.5, 0.6) is 0 Å². The van der Waals surface area contributed by atoms with Gasteiger partial charge in [0.1, 0.15) is 12.2 Å². The van der Waals surface area contributed by atoms with Crippen molar-refractivity contribution < 1.29 is 17.9 Å². The highest BCUT2D eigenvalue weighted by molar-refractivity contribution is 14.0. The molecule has 0 radical (unpaired) electrons. The average molecular weight is 566 g/mol. The minimum atomic E-state index is -4.37. The van der Waals surface area contributed by atoms with Crippen LogP contribution in [0.3, 0.4) is 0 Å². The van der Waals surface area contributed by atoms with E-state index >= 15 is 0 Å². The first-order valence-corrected chi connectivity index (χ1v) is 10.6. The van der Waals surface area contributed by atoms with Gasteiger partial charge in [-0.3, -0.25) is 0 Å². The molecular weight excluding hydrogens is 536 g/mol. The fourth-order valence-electron chi connectivity index (χ4n) is 3.51. The van der Waals surface area contributed by atoms with E-state index in [1.165, 1.54) is 6.07 Å². The van der Waals surface area contributed by atoms with Crippen LogP contribution in [0.1, 0.15) is 43.6 Å². The Bertz CT molecular complexity index is 867. The maximum atomic E-state index is 13.0. The number of nitrogens with one attached hydrogen (secondary N) is 2. The molecule has 3 rings (SSSR count). The number of nitrogens with zero attached hydrogens (tertiary/aromatic N) is 4. The second-order valence-corrected chi connectivity index (χ2v) is 7.57. The van der Waals surface area contributed by atoms with Crippen LogP contribution in [-0.4, -0.2) is 46.0 Å². The van der Waals surface area contributed by atoms with Gasteiger partial charge >= 0.3 is 6.18 Å². The third-order valence-corrected chi connectivity index (χ3v) is 5.22. The maximum absolute atomic E-state index is 13.0. The van der Waals surface area contributed by atoms with E-state index in [0.717, 1.165) is 43.8 Å². The molecule has 1 aromatic carbocycles. The SMILES string of the molecule is CCc1nncn1CCNC(=NCc1cccc(C(F)(F)F)c1)NC(C)C1CCCO1.I. The summed E-state index contributed by atoms with van der Waals surface area (Å²) >= 11 is 0. The fraction of sp³-hybridized carbons (Fsp3) is 0.571. The van der Waals surface area contributed by atoms with E-state index in [9.17, 15) is 13.2 Å². The normalized spacial score (nSPS) is 17.7. The maximum Gasteiger partial charge on any atom is 0.416 e. The molecule has 0 aliphatic carbocycles. The molecule has 7 nitrogen and oxygen atoms in total. The van der Waals surface area contributed by atoms with E-state index in [0.29, 0.717) is 24.6 Å². The van der Waals surface area contributed by atoms with Crippen molar-refractivity contribution in [1.82, 2.24) is 25.4 Å². The lowest BCUT2D eigenvalue weighted by atomic mass is 10.1. The molecule has 0 saturated carbocycles. The molecule has 1 aliphatic heterocycles. The van der Waals surface area contributed by atoms with Crippen LogP contribution in [0.2, 0.25) is 0 Å². The molecule has 1 aromatic heterocycles. The average Bonchev–Trinajstić information content (AvgIpc) is 3.43. The summed E-state index contributed by atoms with van der Waals surface area (Å²) in [6, 6.07) is 5.27. The highest BCUT2D eigenvalue weighted by atomic mass is 127. The highest BCUT2D eigenvalue weighted by Crippen LogP contribution is 2.29. The van der Waals surface area contributed by atoms with E-state index in [1.54, 1.807) is 12.4 Å². The van der Waals surface area contributed by atoms with Gasteiger partial charge in [-0.05, 0) is 37.5 Å². The zero-order chi connectivity index (χ0) is 22.3. The van der Waals surface area contributed by atoms with Gasteiger partial charge in [-0.15, -0.1) is 34.2 Å². The lowest BCUT2D eigenvalue weighted by Crippen LogP contribution is -2.47. The number of halogens is 4. The van der Waals surface area contributed by atoms with Crippen molar-refractivity contribution >= 4 is 29.9 Å². The Labute approximate surface area is 203 Å². The molecule has 2 aromatic rings. The zero-order valence-electron chi connectivity index (χ0n) is 18.2. The van der Waals surface area contributed by atoms with Crippen LogP contribution in [0.15, 0.2) is 35.6 Å². The topological polar surface area (TPSA) is 76.4 Å². The summed E-state index contributed by atoms with van der Waals surface area (Å²) in [6.07, 6.45) is 0.172. The summed E-state index contributed by atoms with van der Waals surface area (Å²) in [7, 11) is 0. The molecule has 0 amide bonds. The molecule has 11 heteroatoms. The molecule has 2 atom stereocenters. The number of benzene rings is 1. The van der Waals surface area contributed by atoms with Gasteiger partial charge in [0.25, 0.3) is 0 Å². The predicted octanol–water partition coefficient (Wildman–Crippen LogP) is 3.78. The molecule has 2 unspecified atom stereocenters. The quantitative estimate of drug-likeness (QED) is 0.289. The second kappa shape index (κ2) is 12.4. The molecule has 1 aliphatic rings. The standard InChI is InChI=1S/C21H29F3N6O.HI/c1-3-19-29-27-14-30(19)10-9-25-20(28-15(2)18-8-5-11-31-18)26-13-16-6-4-7-17(12-16)21(22,23)24;/h4,6-7,12,14-15,18H,3,5,8-11,13H2,1-2H3,(H2,25,26,28);1H. The largest absolute Gasteiger partial charge is 0.416 e. The van der Waals surface area contributed by atoms with Crippen molar-refractivity contribution in [3.63, 3.8) is 0 Å². The van der Waals surface area contributed by atoms with Crippen LogP contribution in [0, 0.1) is 0 Å². The minimum absolute atomic E-state index is 0. The number of guanidine groups is 1. The summed E-state index contributed by atoms with van der Waals surface area (Å²) in [5.41, 5.74) is -0.178. The van der Waals surface area contributed by atoms with E-state index in [-0.39, 0.29) is 42.7 Å². The number of rotatable bonds is 8. The first kappa shape index (κ1) is 26.4. The number of ether oxygens (including phenoxy) is 1. The van der Waals surface area contributed by atoms with E-state index in [2.05, 4.69) is 25.8 Å². The van der Waals surface area contributed by atoms with Gasteiger partial charge in [-0.25, -0.2) is 4.99 Å². The summed E-state index contributed by atoms with van der Waals surface area (Å²) in [6.45, 7) is 6.12. The summed E-state index contributed by atoms with van der Waals surface area (Å²) in [5, 5.41) is 14.6. The van der Waals surface area contributed by atoms with Crippen molar-refractivity contribution in [3.05, 3.63) is 47.5 Å². The van der Waals surface area contributed by atoms with Gasteiger partial charge < -0.3 is 19.9 Å². The Hall–Kier alpha value is -1.89. The van der Waals surface area contributed by atoms with Gasteiger partial charge in [0.15, 0.2) is 5.96 Å². The van der Waals surface area contributed by atoms with Gasteiger partial charge in [0.2, 0.25) is 0 Å². The first-order chi connectivity index (χ1) is 14.9. The Morgan fingerprint density at radius 2 is 2.19 bits per heavy atom. The Morgan fingerprint density at radius 1 is 1.38 bits per heavy atom. The highest BCUT2D eigenvalue weighted by Gasteiger charge is 2.30. The van der Waals surface area contributed by atoms with Crippen LogP contribution in [0.4, 0.5) is 13.2 Å². The van der Waals surface area contributed by atoms with E-state index in [1.807, 2.05) is 18.4 Å². The molecular formula is C21H30F3IN6O. The number of alkyl halides is 3. The van der Waals surface area contributed by atoms with Gasteiger partial charge in [-0.2, -0.15) is 13.2 Å². The molecule has 1 saturated heterocycles. The van der Waals surface area contributed by atoms with Crippen LogP contribution in [0.25, 0.3) is 0 Å². The Kier molecular flexibility index (Phi) is 10.2. The molecule has 2 N–H and O–H groups in total. The summed E-state index contributed by atoms with van der Waals surface area (Å²) in [4.78, 5) is 4.52. The lowest BCUT2D eigenvalue weighted by molar-refractivity contribution is -0.137. The fourth-order valence-corrected chi connectivity index (χ4v) is 3.51. The van der Waals surface area contributed by atoms with Crippen LogP contribution < -0.4 is 10.6 Å². The first-order valence-electron chi connectivity index (χ1n) is 10.6. The molecule has 32 heavy (non-hydrogen) atoms. The number of hydrogen-bond acceptors (Lipinski definition) is 4. The molecule has 1 fully saturated rings. The van der Waals surface area contributed by atoms with E-state index < -0.39 is 11.7 Å². The summed E-state index contributed by atoms with van der Waals surface area (Å²) in [5.74, 6) is 1.43. The van der Waals surface area contributed by atoms with Gasteiger partial charge in [0, 0.05) is 26.1 Å². The molecule has 2 heterocycles. The Morgan fingerprint density at radius 3 is 2.88 bits per heavy atom. The smallest absolute Gasteiger partial charge is 0.376 e. The van der Waals surface area contributed by atoms with Crippen LogP contribution in [-0.2, 0) is 30.4 Å². The van der Waals surface area contributed by atoms with Crippen molar-refractivity contribution in [2.45, 2.75) is 64.5 Å². The third-order valence-electron chi connectivity index (χ3n) is 5.22. The van der Waals surface area contributed by atoms with Crippen molar-refractivity contribution in [2.24, 2.45) is 4.99 Å². The molecule has 178 valence electrons. The second-order valence-electron chi connectivity index (χ2n) is 7.57. The number of aryl methyl sites for hydroxylation is 1. The van der Waals surface area contributed by atoms with Crippen molar-refractivity contribution in [1.29, 1.82) is 0 Å². The lowest BCUT2D eigenvalue weighted by Gasteiger charge is -2.23. The van der Waals surface area contributed by atoms with Crippen LogP contribution >= 0.6 is 24.0 Å². The molecule has 0 bridgehead atoms. The summed E-state index contributed by atoms with van der Waals surface area (Å²) < 4.78 is 46.7. The molecule has 0 spiro atoms. The monoisotopic (exact) mass is 566 g/mol. The number of hydrogen-bond donors (Lipinski definition) is 2. The number of aromatic nitrogens is 3. The minimum Gasteiger partial charge on any atom is -0.376 e. The number of aliphatic imine (C=N–C) groups is 1. The van der Waals surface area contributed by atoms with Gasteiger partial charge in [-0.1, -0.05) is 19.1 Å². The van der Waals surface area contributed by atoms with Crippen molar-refractivity contribution in [2.75, 3.05) is 13.2 Å². The predicted molar refractivity (Wildman–Crippen MR) is 127 cm³/mol. The zero-order valence-corrected chi connectivity index (χ0v) is 20.6. The van der Waals surface area contributed by atoms with Gasteiger partial charge in [0.05, 0.1) is 24.3 Å². The third kappa shape index (κ3) is 7.61. The van der Waals surface area contributed by atoms with Crippen molar-refractivity contribution in [3.8, 4) is 0 Å². The van der Waals surface area contributed by atoms with E-state index in [4.69, 9.17) is 4.74 Å². The Balaban J connectivity index is 0.00000363.